The lowest BCUT2D eigenvalue weighted by Crippen LogP contribution is -2.45. The molecule has 1 aliphatic rings. The van der Waals surface area contributed by atoms with Crippen molar-refractivity contribution in [3.05, 3.63) is 29.6 Å². The van der Waals surface area contributed by atoms with Gasteiger partial charge in [-0.3, -0.25) is 19.4 Å². The molecular formula is C16H18F3N3O4. The fourth-order valence-electron chi connectivity index (χ4n) is 2.63. The second-order valence-corrected chi connectivity index (χ2v) is 6.08. The zero-order chi connectivity index (χ0) is 19.5. The molecule has 7 nitrogen and oxygen atoms in total. The number of piperidine rings is 1. The van der Waals surface area contributed by atoms with Gasteiger partial charge in [0.05, 0.1) is 18.0 Å². The van der Waals surface area contributed by atoms with Gasteiger partial charge in [-0.2, -0.15) is 13.2 Å². The largest absolute Gasteiger partial charge is 0.481 e. The van der Waals surface area contributed by atoms with Crippen LogP contribution in [0.1, 0.15) is 28.9 Å². The van der Waals surface area contributed by atoms with E-state index in [2.05, 4.69) is 4.98 Å². The van der Waals surface area contributed by atoms with Crippen molar-refractivity contribution in [2.45, 2.75) is 19.0 Å². The van der Waals surface area contributed by atoms with Gasteiger partial charge in [-0.15, -0.1) is 0 Å². The van der Waals surface area contributed by atoms with Crippen molar-refractivity contribution < 1.29 is 32.7 Å². The molecule has 2 rings (SSSR count). The number of nitrogens with zero attached hydrogens (tertiary/aromatic N) is 3. The number of halogens is 3. The second kappa shape index (κ2) is 7.71. The number of hydrogen-bond donors (Lipinski definition) is 1. The third-order valence-electron chi connectivity index (χ3n) is 4.23. The van der Waals surface area contributed by atoms with Gasteiger partial charge in [0.15, 0.2) is 0 Å². The van der Waals surface area contributed by atoms with E-state index in [0.29, 0.717) is 19.0 Å². The Hall–Kier alpha value is -2.65. The molecule has 1 aromatic heterocycles. The molecule has 0 spiro atoms. The first kappa shape index (κ1) is 19.7. The molecule has 2 amide bonds. The lowest BCUT2D eigenvalue weighted by atomic mass is 9.97. The van der Waals surface area contributed by atoms with Crippen LogP contribution in [-0.4, -0.2) is 64.4 Å². The van der Waals surface area contributed by atoms with Crippen LogP contribution in [0.5, 0.6) is 0 Å². The van der Waals surface area contributed by atoms with Gasteiger partial charge in [0.1, 0.15) is 5.69 Å². The molecule has 10 heteroatoms. The van der Waals surface area contributed by atoms with Gasteiger partial charge in [-0.05, 0) is 25.0 Å². The molecule has 0 aliphatic carbocycles. The second-order valence-electron chi connectivity index (χ2n) is 6.08. The Kier molecular flexibility index (Phi) is 5.83. The first-order valence-corrected chi connectivity index (χ1v) is 7.89. The first-order chi connectivity index (χ1) is 12.1. The molecule has 26 heavy (non-hydrogen) atoms. The highest BCUT2D eigenvalue weighted by Gasteiger charge is 2.31. The van der Waals surface area contributed by atoms with E-state index in [1.807, 2.05) is 0 Å². The Bertz CT molecular complexity index is 683. The van der Waals surface area contributed by atoms with Crippen molar-refractivity contribution in [2.75, 3.05) is 26.7 Å². The number of amides is 2. The summed E-state index contributed by atoms with van der Waals surface area (Å²) in [6.07, 6.45) is -3.28. The summed E-state index contributed by atoms with van der Waals surface area (Å²) in [4.78, 5) is 41.4. The molecule has 1 N–H and O–H groups in total. The maximum Gasteiger partial charge on any atom is 0.417 e. The molecule has 0 saturated carbocycles. The van der Waals surface area contributed by atoms with Crippen molar-refractivity contribution in [3.63, 3.8) is 0 Å². The number of aliphatic carboxylic acids is 1. The van der Waals surface area contributed by atoms with Crippen LogP contribution < -0.4 is 0 Å². The summed E-state index contributed by atoms with van der Waals surface area (Å²) in [6, 6.07) is 1.72. The number of hydrogen-bond acceptors (Lipinski definition) is 4. The monoisotopic (exact) mass is 373 g/mol. The summed E-state index contributed by atoms with van der Waals surface area (Å²) in [5.41, 5.74) is -1.16. The number of carbonyl (C=O) groups excluding carboxylic acids is 2. The zero-order valence-corrected chi connectivity index (χ0v) is 14.0. The molecule has 0 bridgehead atoms. The van der Waals surface area contributed by atoms with Crippen molar-refractivity contribution in [3.8, 4) is 0 Å². The number of alkyl halides is 3. The highest BCUT2D eigenvalue weighted by atomic mass is 19.4. The molecule has 0 unspecified atom stereocenters. The number of rotatable bonds is 4. The molecule has 142 valence electrons. The normalized spacial score (nSPS) is 15.6. The van der Waals surface area contributed by atoms with Crippen molar-refractivity contribution in [1.29, 1.82) is 0 Å². The minimum absolute atomic E-state index is 0.196. The number of likely N-dealkylation sites (tertiary alicyclic amines) is 1. The maximum absolute atomic E-state index is 12.5. The number of likely N-dealkylation sites (N-methyl/N-ethyl adjacent to an activating group) is 1. The summed E-state index contributed by atoms with van der Waals surface area (Å²) < 4.78 is 37.5. The van der Waals surface area contributed by atoms with Crippen LogP contribution in [0.25, 0.3) is 0 Å². The average molecular weight is 373 g/mol. The lowest BCUT2D eigenvalue weighted by Gasteiger charge is -2.31. The molecule has 2 heterocycles. The predicted octanol–water partition coefficient (Wildman–Crippen LogP) is 1.50. The van der Waals surface area contributed by atoms with Crippen LogP contribution in [0.2, 0.25) is 0 Å². The Morgan fingerprint density at radius 3 is 2.35 bits per heavy atom. The van der Waals surface area contributed by atoms with Crippen molar-refractivity contribution >= 4 is 17.8 Å². The van der Waals surface area contributed by atoms with E-state index < -0.39 is 29.5 Å². The van der Waals surface area contributed by atoms with Gasteiger partial charge in [0.25, 0.3) is 5.91 Å². The minimum Gasteiger partial charge on any atom is -0.481 e. The zero-order valence-electron chi connectivity index (χ0n) is 14.0. The maximum atomic E-state index is 12.5. The van der Waals surface area contributed by atoms with Crippen LogP contribution in [0.3, 0.4) is 0 Å². The first-order valence-electron chi connectivity index (χ1n) is 7.89. The summed E-state index contributed by atoms with van der Waals surface area (Å²) in [7, 11) is 1.35. The SMILES string of the molecule is CN(CC(=O)N1CCC(C(=O)O)CC1)C(=O)c1ccc(C(F)(F)F)cn1. The van der Waals surface area contributed by atoms with Crippen molar-refractivity contribution in [1.82, 2.24) is 14.8 Å². The van der Waals surface area contributed by atoms with Crippen LogP contribution >= 0.6 is 0 Å². The van der Waals surface area contributed by atoms with Gasteiger partial charge < -0.3 is 14.9 Å². The number of pyridine rings is 1. The summed E-state index contributed by atoms with van der Waals surface area (Å²) in [5, 5.41) is 8.94. The van der Waals surface area contributed by atoms with Gasteiger partial charge >= 0.3 is 12.1 Å². The highest BCUT2D eigenvalue weighted by molar-refractivity contribution is 5.94. The van der Waals surface area contributed by atoms with Crippen LogP contribution in [0.4, 0.5) is 13.2 Å². The lowest BCUT2D eigenvalue weighted by molar-refractivity contribution is -0.145. The van der Waals surface area contributed by atoms with E-state index >= 15 is 0 Å². The van der Waals surface area contributed by atoms with E-state index in [4.69, 9.17) is 5.11 Å². The third-order valence-corrected chi connectivity index (χ3v) is 4.23. The van der Waals surface area contributed by atoms with E-state index in [1.54, 1.807) is 0 Å². The predicted molar refractivity (Wildman–Crippen MR) is 83.1 cm³/mol. The minimum atomic E-state index is -4.54. The Morgan fingerprint density at radius 1 is 1.27 bits per heavy atom. The van der Waals surface area contributed by atoms with E-state index in [0.717, 1.165) is 17.0 Å². The Labute approximate surface area is 147 Å². The summed E-state index contributed by atoms with van der Waals surface area (Å²) in [6.45, 7) is 0.312. The number of carboxylic acid groups (broad SMARTS) is 1. The van der Waals surface area contributed by atoms with E-state index in [9.17, 15) is 27.6 Å². The average Bonchev–Trinajstić information content (AvgIpc) is 2.60. The van der Waals surface area contributed by atoms with E-state index in [1.165, 1.54) is 11.9 Å². The number of carbonyl (C=O) groups is 3. The number of aromatic nitrogens is 1. The fourth-order valence-corrected chi connectivity index (χ4v) is 2.63. The smallest absolute Gasteiger partial charge is 0.417 e. The Balaban J connectivity index is 1.92. The summed E-state index contributed by atoms with van der Waals surface area (Å²) >= 11 is 0. The Morgan fingerprint density at radius 2 is 1.88 bits per heavy atom. The highest BCUT2D eigenvalue weighted by Crippen LogP contribution is 2.28. The summed E-state index contributed by atoms with van der Waals surface area (Å²) in [5.74, 6) is -2.39. The van der Waals surface area contributed by atoms with E-state index in [-0.39, 0.29) is 31.2 Å². The van der Waals surface area contributed by atoms with Crippen LogP contribution in [-0.2, 0) is 15.8 Å². The van der Waals surface area contributed by atoms with Crippen molar-refractivity contribution in [2.24, 2.45) is 5.92 Å². The van der Waals surface area contributed by atoms with Crippen LogP contribution in [0.15, 0.2) is 18.3 Å². The van der Waals surface area contributed by atoms with Gasteiger partial charge in [0.2, 0.25) is 5.91 Å². The molecule has 0 radical (unpaired) electrons. The molecule has 1 aliphatic heterocycles. The molecule has 1 aromatic rings. The topological polar surface area (TPSA) is 90.8 Å². The molecule has 0 aromatic carbocycles. The molecule has 0 atom stereocenters. The molecular weight excluding hydrogens is 355 g/mol. The van der Waals surface area contributed by atoms with Crippen LogP contribution in [0, 0.1) is 5.92 Å². The molecule has 1 fully saturated rings. The fraction of sp³-hybridized carbons (Fsp3) is 0.500. The van der Waals surface area contributed by atoms with Gasteiger partial charge in [-0.25, -0.2) is 0 Å². The number of carboxylic acids is 1. The van der Waals surface area contributed by atoms with Gasteiger partial charge in [0, 0.05) is 26.3 Å². The standard InChI is InChI=1S/C16H18F3N3O4/c1-21(9-13(23)22-6-4-10(5-7-22)15(25)26)14(24)12-3-2-11(8-20-12)16(17,18)19/h2-3,8,10H,4-7,9H2,1H3,(H,25,26). The van der Waals surface area contributed by atoms with Gasteiger partial charge in [-0.1, -0.05) is 0 Å². The quantitative estimate of drug-likeness (QED) is 0.864. The third kappa shape index (κ3) is 4.70. The molecule has 1 saturated heterocycles.